The molecule has 7 nitrogen and oxygen atoms in total. The highest BCUT2D eigenvalue weighted by Crippen LogP contribution is 2.34. The van der Waals surface area contributed by atoms with E-state index in [4.69, 9.17) is 0 Å². The molecular formula is C20H19F4N5O2S. The molecule has 0 bridgehead atoms. The number of pyridine rings is 1. The Morgan fingerprint density at radius 1 is 1.09 bits per heavy atom. The molecule has 2 unspecified atom stereocenters. The minimum atomic E-state index is -4.54. The van der Waals surface area contributed by atoms with Crippen molar-refractivity contribution in [1.82, 2.24) is 18.8 Å². The number of aryl methyl sites for hydroxylation is 1. The van der Waals surface area contributed by atoms with Crippen molar-refractivity contribution in [3.8, 4) is 0 Å². The molecule has 0 aliphatic carbocycles. The van der Waals surface area contributed by atoms with Gasteiger partial charge in [0, 0.05) is 44.5 Å². The molecule has 0 spiro atoms. The maximum absolute atomic E-state index is 13.4. The average Bonchev–Trinajstić information content (AvgIpc) is 3.36. The summed E-state index contributed by atoms with van der Waals surface area (Å²) in [5, 5.41) is 2.81. The predicted octanol–water partition coefficient (Wildman–Crippen LogP) is 3.24. The lowest BCUT2D eigenvalue weighted by Crippen LogP contribution is -2.32. The molecule has 2 atom stereocenters. The summed E-state index contributed by atoms with van der Waals surface area (Å²) in [5.41, 5.74) is -0.223. The van der Waals surface area contributed by atoms with Crippen molar-refractivity contribution in [2.45, 2.75) is 23.2 Å². The van der Waals surface area contributed by atoms with Crippen molar-refractivity contribution >= 4 is 15.8 Å². The smallest absolute Gasteiger partial charge is 0.365 e. The monoisotopic (exact) mass is 469 g/mol. The van der Waals surface area contributed by atoms with Gasteiger partial charge in [-0.2, -0.15) is 17.5 Å². The number of imidazole rings is 1. The summed E-state index contributed by atoms with van der Waals surface area (Å²) in [4.78, 5) is 7.87. The molecule has 1 fully saturated rings. The molecule has 1 aliphatic heterocycles. The van der Waals surface area contributed by atoms with Crippen molar-refractivity contribution in [3.05, 3.63) is 72.1 Å². The van der Waals surface area contributed by atoms with Crippen LogP contribution < -0.4 is 5.32 Å². The van der Waals surface area contributed by atoms with Crippen LogP contribution in [0.3, 0.4) is 0 Å². The Morgan fingerprint density at radius 2 is 1.81 bits per heavy atom. The van der Waals surface area contributed by atoms with Crippen LogP contribution in [0.25, 0.3) is 0 Å². The number of benzene rings is 1. The molecule has 1 saturated heterocycles. The zero-order valence-electron chi connectivity index (χ0n) is 16.8. The van der Waals surface area contributed by atoms with Gasteiger partial charge in [-0.1, -0.05) is 12.1 Å². The first-order valence-electron chi connectivity index (χ1n) is 9.57. The van der Waals surface area contributed by atoms with Crippen molar-refractivity contribution in [1.29, 1.82) is 0 Å². The van der Waals surface area contributed by atoms with Crippen molar-refractivity contribution in [2.24, 2.45) is 7.05 Å². The van der Waals surface area contributed by atoms with E-state index in [0.717, 1.165) is 18.3 Å². The number of nitrogens with one attached hydrogen (secondary N) is 1. The van der Waals surface area contributed by atoms with Crippen LogP contribution in [0.4, 0.5) is 23.4 Å². The Kier molecular flexibility index (Phi) is 5.67. The summed E-state index contributed by atoms with van der Waals surface area (Å²) >= 11 is 0. The fourth-order valence-electron chi connectivity index (χ4n) is 3.69. The normalized spacial score (nSPS) is 19.9. The van der Waals surface area contributed by atoms with Crippen LogP contribution in [0.1, 0.15) is 17.0 Å². The second-order valence-electron chi connectivity index (χ2n) is 7.54. The van der Waals surface area contributed by atoms with Crippen LogP contribution in [-0.2, 0) is 23.2 Å². The molecule has 32 heavy (non-hydrogen) atoms. The predicted molar refractivity (Wildman–Crippen MR) is 108 cm³/mol. The maximum Gasteiger partial charge on any atom is 0.416 e. The van der Waals surface area contributed by atoms with Crippen LogP contribution in [0.15, 0.2) is 60.1 Å². The lowest BCUT2D eigenvalue weighted by molar-refractivity contribution is -0.137. The van der Waals surface area contributed by atoms with E-state index in [-0.39, 0.29) is 23.9 Å². The highest BCUT2D eigenvalue weighted by molar-refractivity contribution is 7.89. The number of anilines is 1. The van der Waals surface area contributed by atoms with E-state index in [2.05, 4.69) is 15.3 Å². The third kappa shape index (κ3) is 4.46. The van der Waals surface area contributed by atoms with Crippen molar-refractivity contribution < 1.29 is 26.0 Å². The quantitative estimate of drug-likeness (QED) is 0.581. The summed E-state index contributed by atoms with van der Waals surface area (Å²) in [6.07, 6.45) is -0.769. The van der Waals surface area contributed by atoms with Crippen LogP contribution in [-0.4, -0.2) is 46.4 Å². The van der Waals surface area contributed by atoms with E-state index < -0.39 is 39.5 Å². The number of halogens is 4. The lowest BCUT2D eigenvalue weighted by atomic mass is 9.94. The summed E-state index contributed by atoms with van der Waals surface area (Å²) in [6.45, 7) is 0.0139. The Balaban J connectivity index is 1.66. The molecule has 2 aromatic heterocycles. The zero-order chi connectivity index (χ0) is 23.1. The molecule has 170 valence electrons. The number of aromatic nitrogens is 3. The standard InChI is InChI=1S/C20H19F4N5O2S/c1-28-11-19(26-12-28)32(30,31)29-9-16(13-2-4-15(21)5-3-13)17(10-29)27-18-8-14(6-7-25-18)20(22,23)24/h2-8,11-12,16-17H,9-10H2,1H3,(H,25,27). The Bertz CT molecular complexity index is 1210. The average molecular weight is 469 g/mol. The van der Waals surface area contributed by atoms with Gasteiger partial charge in [0.25, 0.3) is 10.0 Å². The Labute approximate surface area is 181 Å². The SMILES string of the molecule is Cn1cnc(S(=O)(=O)N2CC(Nc3cc(C(F)(F)F)ccn3)C(c3ccc(F)cc3)C2)c1. The van der Waals surface area contributed by atoms with Gasteiger partial charge < -0.3 is 9.88 Å². The topological polar surface area (TPSA) is 80.1 Å². The highest BCUT2D eigenvalue weighted by Gasteiger charge is 2.41. The lowest BCUT2D eigenvalue weighted by Gasteiger charge is -2.21. The highest BCUT2D eigenvalue weighted by atomic mass is 32.2. The molecule has 0 saturated carbocycles. The van der Waals surface area contributed by atoms with Crippen LogP contribution in [0.2, 0.25) is 0 Å². The largest absolute Gasteiger partial charge is 0.416 e. The third-order valence-electron chi connectivity index (χ3n) is 5.29. The molecule has 0 radical (unpaired) electrons. The van der Waals surface area contributed by atoms with Crippen LogP contribution in [0, 0.1) is 5.82 Å². The molecule has 3 aromatic rings. The zero-order valence-corrected chi connectivity index (χ0v) is 17.6. The summed E-state index contributed by atoms with van der Waals surface area (Å²) in [6, 6.07) is 6.70. The summed E-state index contributed by atoms with van der Waals surface area (Å²) in [5.74, 6) is -0.937. The molecular weight excluding hydrogens is 450 g/mol. The molecule has 3 heterocycles. The van der Waals surface area contributed by atoms with E-state index in [0.29, 0.717) is 5.56 Å². The number of hydrogen-bond acceptors (Lipinski definition) is 5. The number of rotatable bonds is 5. The molecule has 0 amide bonds. The van der Waals surface area contributed by atoms with Gasteiger partial charge in [0.05, 0.1) is 11.9 Å². The molecule has 1 N–H and O–H groups in total. The fourth-order valence-corrected chi connectivity index (χ4v) is 5.15. The molecule has 12 heteroatoms. The van der Waals surface area contributed by atoms with E-state index in [9.17, 15) is 26.0 Å². The Morgan fingerprint density at radius 3 is 2.44 bits per heavy atom. The second kappa shape index (κ2) is 8.17. The van der Waals surface area contributed by atoms with Crippen LogP contribution >= 0.6 is 0 Å². The minimum Gasteiger partial charge on any atom is -0.365 e. The van der Waals surface area contributed by atoms with Crippen molar-refractivity contribution in [3.63, 3.8) is 0 Å². The van der Waals surface area contributed by atoms with Gasteiger partial charge in [-0.05, 0) is 29.8 Å². The first-order valence-corrected chi connectivity index (χ1v) is 11.0. The molecule has 1 aliphatic rings. The van der Waals surface area contributed by atoms with Gasteiger partial charge >= 0.3 is 6.18 Å². The van der Waals surface area contributed by atoms with Gasteiger partial charge in [-0.3, -0.25) is 0 Å². The van der Waals surface area contributed by atoms with E-state index in [1.807, 2.05) is 0 Å². The van der Waals surface area contributed by atoms with Gasteiger partial charge in [-0.25, -0.2) is 22.8 Å². The Hall–Kier alpha value is -2.99. The first-order chi connectivity index (χ1) is 15.0. The van der Waals surface area contributed by atoms with Gasteiger partial charge in [-0.15, -0.1) is 0 Å². The summed E-state index contributed by atoms with van der Waals surface area (Å²) < 4.78 is 81.5. The summed E-state index contributed by atoms with van der Waals surface area (Å²) in [7, 11) is -2.30. The maximum atomic E-state index is 13.4. The number of sulfonamides is 1. The van der Waals surface area contributed by atoms with E-state index in [1.54, 1.807) is 7.05 Å². The van der Waals surface area contributed by atoms with Gasteiger partial charge in [0.15, 0.2) is 5.03 Å². The first kappa shape index (κ1) is 22.2. The van der Waals surface area contributed by atoms with E-state index >= 15 is 0 Å². The van der Waals surface area contributed by atoms with Gasteiger partial charge in [0.1, 0.15) is 11.6 Å². The number of hydrogen-bond donors (Lipinski definition) is 1. The number of nitrogens with zero attached hydrogens (tertiary/aromatic N) is 4. The van der Waals surface area contributed by atoms with Crippen LogP contribution in [0.5, 0.6) is 0 Å². The minimum absolute atomic E-state index is 0.0289. The third-order valence-corrected chi connectivity index (χ3v) is 7.01. The van der Waals surface area contributed by atoms with Gasteiger partial charge in [0.2, 0.25) is 0 Å². The fraction of sp³-hybridized carbons (Fsp3) is 0.300. The number of alkyl halides is 3. The molecule has 1 aromatic carbocycles. The second-order valence-corrected chi connectivity index (χ2v) is 9.42. The van der Waals surface area contributed by atoms with E-state index in [1.165, 1.54) is 45.7 Å². The van der Waals surface area contributed by atoms with Crippen molar-refractivity contribution in [2.75, 3.05) is 18.4 Å². The molecule has 4 rings (SSSR count).